The SMILES string of the molecule is Clc1cccc(Cl)c1OCC1CCCNC1. The summed E-state index contributed by atoms with van der Waals surface area (Å²) >= 11 is 12.0. The van der Waals surface area contributed by atoms with Crippen molar-refractivity contribution in [1.82, 2.24) is 5.32 Å². The highest BCUT2D eigenvalue weighted by molar-refractivity contribution is 6.37. The third-order valence-electron chi connectivity index (χ3n) is 2.78. The van der Waals surface area contributed by atoms with Crippen molar-refractivity contribution in [2.45, 2.75) is 12.8 Å². The van der Waals surface area contributed by atoms with E-state index in [4.69, 9.17) is 27.9 Å². The minimum atomic E-state index is 0.557. The van der Waals surface area contributed by atoms with E-state index < -0.39 is 0 Å². The lowest BCUT2D eigenvalue weighted by Gasteiger charge is -2.23. The van der Waals surface area contributed by atoms with Crippen LogP contribution < -0.4 is 10.1 Å². The highest BCUT2D eigenvalue weighted by atomic mass is 35.5. The Labute approximate surface area is 106 Å². The fourth-order valence-electron chi connectivity index (χ4n) is 1.89. The molecule has 0 aliphatic carbocycles. The van der Waals surface area contributed by atoms with Crippen molar-refractivity contribution in [2.75, 3.05) is 19.7 Å². The van der Waals surface area contributed by atoms with Gasteiger partial charge in [0.1, 0.15) is 0 Å². The lowest BCUT2D eigenvalue weighted by Crippen LogP contribution is -2.33. The average Bonchev–Trinajstić information content (AvgIpc) is 2.30. The molecule has 0 bridgehead atoms. The monoisotopic (exact) mass is 259 g/mol. The van der Waals surface area contributed by atoms with E-state index in [-0.39, 0.29) is 0 Å². The molecular formula is C12H15Cl2NO. The van der Waals surface area contributed by atoms with Gasteiger partial charge in [-0.3, -0.25) is 0 Å². The van der Waals surface area contributed by atoms with E-state index >= 15 is 0 Å². The molecule has 2 nitrogen and oxygen atoms in total. The molecule has 16 heavy (non-hydrogen) atoms. The molecule has 2 rings (SSSR count). The molecule has 1 atom stereocenters. The van der Waals surface area contributed by atoms with Crippen LogP contribution in [0.1, 0.15) is 12.8 Å². The summed E-state index contributed by atoms with van der Waals surface area (Å²) in [6, 6.07) is 5.41. The second-order valence-corrected chi connectivity index (χ2v) is 4.89. The number of hydrogen-bond acceptors (Lipinski definition) is 2. The van der Waals surface area contributed by atoms with Gasteiger partial charge in [0.15, 0.2) is 5.75 Å². The summed E-state index contributed by atoms with van der Waals surface area (Å²) in [6.07, 6.45) is 2.42. The molecule has 1 saturated heterocycles. The van der Waals surface area contributed by atoms with Crippen molar-refractivity contribution in [3.8, 4) is 5.75 Å². The van der Waals surface area contributed by atoms with Crippen LogP contribution in [0.3, 0.4) is 0 Å². The zero-order valence-electron chi connectivity index (χ0n) is 9.01. The highest BCUT2D eigenvalue weighted by Gasteiger charge is 2.15. The van der Waals surface area contributed by atoms with Crippen LogP contribution in [0.25, 0.3) is 0 Å². The Bertz CT molecular complexity index is 331. The number of hydrogen-bond donors (Lipinski definition) is 1. The first-order chi connectivity index (χ1) is 7.77. The van der Waals surface area contributed by atoms with Gasteiger partial charge in [-0.25, -0.2) is 0 Å². The van der Waals surface area contributed by atoms with Crippen molar-refractivity contribution in [2.24, 2.45) is 5.92 Å². The molecule has 0 radical (unpaired) electrons. The zero-order valence-corrected chi connectivity index (χ0v) is 10.5. The largest absolute Gasteiger partial charge is 0.490 e. The first kappa shape index (κ1) is 12.0. The average molecular weight is 260 g/mol. The van der Waals surface area contributed by atoms with Crippen LogP contribution >= 0.6 is 23.2 Å². The number of ether oxygens (including phenoxy) is 1. The first-order valence-electron chi connectivity index (χ1n) is 5.55. The molecule has 0 spiro atoms. The van der Waals surface area contributed by atoms with Crippen molar-refractivity contribution in [3.63, 3.8) is 0 Å². The van der Waals surface area contributed by atoms with Crippen LogP contribution in [-0.4, -0.2) is 19.7 Å². The Kier molecular flexibility index (Phi) is 4.33. The Hall–Kier alpha value is -0.440. The molecular weight excluding hydrogens is 245 g/mol. The quantitative estimate of drug-likeness (QED) is 0.899. The summed E-state index contributed by atoms with van der Waals surface area (Å²) in [5, 5.41) is 4.51. The van der Waals surface area contributed by atoms with Crippen LogP contribution in [0, 0.1) is 5.92 Å². The van der Waals surface area contributed by atoms with Gasteiger partial charge in [-0.15, -0.1) is 0 Å². The van der Waals surface area contributed by atoms with Crippen LogP contribution in [0.5, 0.6) is 5.75 Å². The first-order valence-corrected chi connectivity index (χ1v) is 6.30. The van der Waals surface area contributed by atoms with Gasteiger partial charge in [0, 0.05) is 12.5 Å². The van der Waals surface area contributed by atoms with E-state index in [0.717, 1.165) is 13.1 Å². The predicted octanol–water partition coefficient (Wildman–Crippen LogP) is 3.37. The Morgan fingerprint density at radius 1 is 1.31 bits per heavy atom. The van der Waals surface area contributed by atoms with E-state index in [0.29, 0.717) is 28.3 Å². The summed E-state index contributed by atoms with van der Waals surface area (Å²) in [7, 11) is 0. The fraction of sp³-hybridized carbons (Fsp3) is 0.500. The number of benzene rings is 1. The summed E-state index contributed by atoms with van der Waals surface area (Å²) in [4.78, 5) is 0. The highest BCUT2D eigenvalue weighted by Crippen LogP contribution is 2.32. The molecule has 0 aromatic heterocycles. The standard InChI is InChI=1S/C12H15Cl2NO/c13-10-4-1-5-11(14)12(10)16-8-9-3-2-6-15-7-9/h1,4-5,9,15H,2-3,6-8H2. The molecule has 1 N–H and O–H groups in total. The zero-order chi connectivity index (χ0) is 11.4. The number of nitrogens with one attached hydrogen (secondary N) is 1. The lowest BCUT2D eigenvalue weighted by atomic mass is 10.0. The molecule has 0 saturated carbocycles. The van der Waals surface area contributed by atoms with Gasteiger partial charge in [-0.1, -0.05) is 29.3 Å². The Morgan fingerprint density at radius 3 is 2.69 bits per heavy atom. The van der Waals surface area contributed by atoms with Crippen LogP contribution in [0.2, 0.25) is 10.0 Å². The van der Waals surface area contributed by atoms with Crippen LogP contribution in [0.15, 0.2) is 18.2 Å². The Morgan fingerprint density at radius 2 is 2.06 bits per heavy atom. The van der Waals surface area contributed by atoms with Gasteiger partial charge in [0.25, 0.3) is 0 Å². The molecule has 1 heterocycles. The van der Waals surface area contributed by atoms with Crippen molar-refractivity contribution < 1.29 is 4.74 Å². The number of halogens is 2. The Balaban J connectivity index is 1.93. The lowest BCUT2D eigenvalue weighted by molar-refractivity contribution is 0.218. The number of piperidine rings is 1. The van der Waals surface area contributed by atoms with Gasteiger partial charge in [0.2, 0.25) is 0 Å². The molecule has 1 unspecified atom stereocenters. The van der Waals surface area contributed by atoms with Gasteiger partial charge in [-0.05, 0) is 31.5 Å². The smallest absolute Gasteiger partial charge is 0.156 e. The van der Waals surface area contributed by atoms with E-state index in [1.807, 2.05) is 6.07 Å². The maximum Gasteiger partial charge on any atom is 0.156 e. The molecule has 88 valence electrons. The van der Waals surface area contributed by atoms with Crippen molar-refractivity contribution >= 4 is 23.2 Å². The van der Waals surface area contributed by atoms with Crippen LogP contribution in [0.4, 0.5) is 0 Å². The maximum absolute atomic E-state index is 6.02. The number of rotatable bonds is 3. The molecule has 4 heteroatoms. The number of para-hydroxylation sites is 1. The summed E-state index contributed by atoms with van der Waals surface area (Å²) in [5.74, 6) is 1.16. The van der Waals surface area contributed by atoms with Gasteiger partial charge >= 0.3 is 0 Å². The third kappa shape index (κ3) is 3.03. The van der Waals surface area contributed by atoms with Crippen molar-refractivity contribution in [3.05, 3.63) is 28.2 Å². The topological polar surface area (TPSA) is 21.3 Å². The summed E-state index contributed by atoms with van der Waals surface area (Å²) in [5.41, 5.74) is 0. The maximum atomic E-state index is 6.02. The molecule has 1 aliphatic rings. The van der Waals surface area contributed by atoms with E-state index in [2.05, 4.69) is 5.32 Å². The van der Waals surface area contributed by atoms with Gasteiger partial charge < -0.3 is 10.1 Å². The molecule has 1 aromatic carbocycles. The molecule has 1 aliphatic heterocycles. The summed E-state index contributed by atoms with van der Waals surface area (Å²) < 4.78 is 5.70. The van der Waals surface area contributed by atoms with E-state index in [1.165, 1.54) is 12.8 Å². The normalized spacial score (nSPS) is 20.8. The molecule has 1 aromatic rings. The van der Waals surface area contributed by atoms with Gasteiger partial charge in [-0.2, -0.15) is 0 Å². The molecule has 0 amide bonds. The van der Waals surface area contributed by atoms with Crippen molar-refractivity contribution in [1.29, 1.82) is 0 Å². The summed E-state index contributed by atoms with van der Waals surface area (Å²) in [6.45, 7) is 2.81. The van der Waals surface area contributed by atoms with E-state index in [9.17, 15) is 0 Å². The minimum absolute atomic E-state index is 0.557. The minimum Gasteiger partial charge on any atom is -0.490 e. The molecule has 1 fully saturated rings. The van der Waals surface area contributed by atoms with Crippen LogP contribution in [-0.2, 0) is 0 Å². The van der Waals surface area contributed by atoms with Gasteiger partial charge in [0.05, 0.1) is 16.7 Å². The third-order valence-corrected chi connectivity index (χ3v) is 3.38. The van der Waals surface area contributed by atoms with E-state index in [1.54, 1.807) is 12.1 Å². The predicted molar refractivity (Wildman–Crippen MR) is 67.6 cm³/mol. The fourth-order valence-corrected chi connectivity index (χ4v) is 2.39. The second-order valence-electron chi connectivity index (χ2n) is 4.07. The second kappa shape index (κ2) is 5.76.